The van der Waals surface area contributed by atoms with Gasteiger partial charge < -0.3 is 14.5 Å². The SMILES string of the molecule is COc1ccccc1N1CC[NH+](C2CCCCCC2)CC1. The third-order valence-corrected chi connectivity index (χ3v) is 5.26. The molecule has 3 rings (SSSR count). The van der Waals surface area contributed by atoms with Crippen LogP contribution in [-0.2, 0) is 0 Å². The van der Waals surface area contributed by atoms with Crippen LogP contribution in [0.2, 0.25) is 0 Å². The average molecular weight is 289 g/mol. The van der Waals surface area contributed by atoms with E-state index in [4.69, 9.17) is 4.74 Å². The lowest BCUT2D eigenvalue weighted by molar-refractivity contribution is -0.926. The lowest BCUT2D eigenvalue weighted by Gasteiger charge is -2.37. The zero-order valence-electron chi connectivity index (χ0n) is 13.3. The van der Waals surface area contributed by atoms with Gasteiger partial charge in [0, 0.05) is 0 Å². The number of ether oxygens (including phenoxy) is 1. The van der Waals surface area contributed by atoms with Crippen molar-refractivity contribution in [2.45, 2.75) is 44.6 Å². The Morgan fingerprint density at radius 2 is 1.67 bits per heavy atom. The number of hydrogen-bond acceptors (Lipinski definition) is 2. The van der Waals surface area contributed by atoms with Crippen LogP contribution in [0.4, 0.5) is 5.69 Å². The van der Waals surface area contributed by atoms with Crippen LogP contribution in [0.1, 0.15) is 38.5 Å². The predicted molar refractivity (Wildman–Crippen MR) is 87.4 cm³/mol. The lowest BCUT2D eigenvalue weighted by atomic mass is 10.1. The van der Waals surface area contributed by atoms with Gasteiger partial charge in [0.2, 0.25) is 0 Å². The van der Waals surface area contributed by atoms with Crippen molar-refractivity contribution >= 4 is 5.69 Å². The van der Waals surface area contributed by atoms with E-state index < -0.39 is 0 Å². The van der Waals surface area contributed by atoms with Gasteiger partial charge in [-0.25, -0.2) is 0 Å². The van der Waals surface area contributed by atoms with Crippen molar-refractivity contribution in [1.29, 1.82) is 0 Å². The molecule has 0 bridgehead atoms. The number of nitrogens with zero attached hydrogens (tertiary/aromatic N) is 1. The quantitative estimate of drug-likeness (QED) is 0.859. The number of nitrogens with one attached hydrogen (secondary N) is 1. The number of quaternary nitrogens is 1. The molecule has 1 N–H and O–H groups in total. The lowest BCUT2D eigenvalue weighted by Crippen LogP contribution is -3.18. The molecule has 0 aromatic heterocycles. The molecule has 0 atom stereocenters. The van der Waals surface area contributed by atoms with E-state index in [1.54, 1.807) is 7.11 Å². The largest absolute Gasteiger partial charge is 0.495 e. The maximum atomic E-state index is 5.51. The molecule has 1 saturated heterocycles. The van der Waals surface area contributed by atoms with Gasteiger partial charge in [0.05, 0.1) is 45.0 Å². The molecule has 1 aliphatic heterocycles. The molecule has 1 aromatic rings. The third kappa shape index (κ3) is 3.52. The minimum atomic E-state index is 0.923. The van der Waals surface area contributed by atoms with Crippen molar-refractivity contribution in [3.05, 3.63) is 24.3 Å². The van der Waals surface area contributed by atoms with Crippen molar-refractivity contribution in [2.24, 2.45) is 0 Å². The van der Waals surface area contributed by atoms with Crippen LogP contribution in [0, 0.1) is 0 Å². The van der Waals surface area contributed by atoms with Gasteiger partial charge in [-0.3, -0.25) is 0 Å². The first-order valence-corrected chi connectivity index (χ1v) is 8.61. The van der Waals surface area contributed by atoms with Crippen LogP contribution in [0.25, 0.3) is 0 Å². The highest BCUT2D eigenvalue weighted by atomic mass is 16.5. The minimum absolute atomic E-state index is 0.923. The van der Waals surface area contributed by atoms with E-state index in [9.17, 15) is 0 Å². The Labute approximate surface area is 128 Å². The standard InChI is InChI=1S/C18H28N2O/c1-21-18-11-7-6-10-17(18)20-14-12-19(13-15-20)16-8-4-2-3-5-9-16/h6-7,10-11,16H,2-5,8-9,12-15H2,1H3/p+1. The van der Waals surface area contributed by atoms with Gasteiger partial charge in [0.25, 0.3) is 0 Å². The Hall–Kier alpha value is -1.22. The van der Waals surface area contributed by atoms with E-state index >= 15 is 0 Å². The number of methoxy groups -OCH3 is 1. The summed E-state index contributed by atoms with van der Waals surface area (Å²) in [5, 5.41) is 0. The molecular weight excluding hydrogens is 260 g/mol. The van der Waals surface area contributed by atoms with Crippen molar-refractivity contribution in [2.75, 3.05) is 38.2 Å². The summed E-state index contributed by atoms with van der Waals surface area (Å²) in [5.74, 6) is 1.01. The van der Waals surface area contributed by atoms with Gasteiger partial charge in [-0.2, -0.15) is 0 Å². The topological polar surface area (TPSA) is 16.9 Å². The number of benzene rings is 1. The molecule has 2 fully saturated rings. The van der Waals surface area contributed by atoms with Gasteiger partial charge in [0.15, 0.2) is 0 Å². The van der Waals surface area contributed by atoms with Crippen LogP contribution in [0.5, 0.6) is 5.75 Å². The molecule has 1 heterocycles. The summed E-state index contributed by atoms with van der Waals surface area (Å²) in [6, 6.07) is 9.35. The molecule has 1 aliphatic carbocycles. The second-order valence-corrected chi connectivity index (χ2v) is 6.51. The van der Waals surface area contributed by atoms with Gasteiger partial charge in [-0.1, -0.05) is 25.0 Å². The van der Waals surface area contributed by atoms with Crippen molar-refractivity contribution < 1.29 is 9.64 Å². The van der Waals surface area contributed by atoms with Crippen LogP contribution in [0.15, 0.2) is 24.3 Å². The highest BCUT2D eigenvalue weighted by Crippen LogP contribution is 2.27. The Balaban J connectivity index is 1.59. The number of anilines is 1. The molecule has 0 amide bonds. The smallest absolute Gasteiger partial charge is 0.142 e. The summed E-state index contributed by atoms with van der Waals surface area (Å²) in [5.41, 5.74) is 1.26. The molecule has 0 unspecified atom stereocenters. The van der Waals surface area contributed by atoms with E-state index in [1.165, 1.54) is 57.3 Å². The third-order valence-electron chi connectivity index (χ3n) is 5.26. The molecule has 116 valence electrons. The summed E-state index contributed by atoms with van der Waals surface area (Å²) >= 11 is 0. The molecule has 21 heavy (non-hydrogen) atoms. The fourth-order valence-electron chi connectivity index (χ4n) is 4.02. The Morgan fingerprint density at radius 1 is 1.00 bits per heavy atom. The van der Waals surface area contributed by atoms with Crippen LogP contribution in [-0.4, -0.2) is 39.3 Å². The maximum absolute atomic E-state index is 5.51. The first kappa shape index (κ1) is 14.7. The molecule has 0 spiro atoms. The van der Waals surface area contributed by atoms with E-state index in [-0.39, 0.29) is 0 Å². The summed E-state index contributed by atoms with van der Waals surface area (Å²) in [4.78, 5) is 4.35. The predicted octanol–water partition coefficient (Wildman–Crippen LogP) is 2.12. The Morgan fingerprint density at radius 3 is 2.33 bits per heavy atom. The highest BCUT2D eigenvalue weighted by Gasteiger charge is 2.28. The van der Waals surface area contributed by atoms with Crippen LogP contribution < -0.4 is 14.5 Å². The summed E-state index contributed by atoms with van der Waals surface area (Å²) in [6.45, 7) is 4.88. The number of piperazine rings is 1. The van der Waals surface area contributed by atoms with E-state index in [0.29, 0.717) is 0 Å². The molecule has 1 saturated carbocycles. The fourth-order valence-corrected chi connectivity index (χ4v) is 4.02. The Bertz CT molecular complexity index is 433. The number of para-hydroxylation sites is 2. The highest BCUT2D eigenvalue weighted by molar-refractivity contribution is 5.58. The second kappa shape index (κ2) is 7.17. The van der Waals surface area contributed by atoms with Crippen molar-refractivity contribution in [3.63, 3.8) is 0 Å². The number of hydrogen-bond donors (Lipinski definition) is 1. The zero-order chi connectivity index (χ0) is 14.5. The van der Waals surface area contributed by atoms with Crippen molar-refractivity contribution in [3.8, 4) is 5.75 Å². The molecule has 3 heteroatoms. The van der Waals surface area contributed by atoms with Gasteiger partial charge >= 0.3 is 0 Å². The van der Waals surface area contributed by atoms with E-state index in [1.807, 2.05) is 4.90 Å². The van der Waals surface area contributed by atoms with Gasteiger partial charge in [0.1, 0.15) is 5.75 Å². The van der Waals surface area contributed by atoms with Crippen molar-refractivity contribution in [1.82, 2.24) is 0 Å². The van der Waals surface area contributed by atoms with E-state index in [2.05, 4.69) is 29.2 Å². The van der Waals surface area contributed by atoms with E-state index in [0.717, 1.165) is 24.9 Å². The first-order chi connectivity index (χ1) is 10.4. The zero-order valence-corrected chi connectivity index (χ0v) is 13.3. The minimum Gasteiger partial charge on any atom is -0.495 e. The van der Waals surface area contributed by atoms with Crippen LogP contribution >= 0.6 is 0 Å². The molecule has 2 aliphatic rings. The number of rotatable bonds is 3. The maximum Gasteiger partial charge on any atom is 0.142 e. The normalized spacial score (nSPS) is 22.0. The second-order valence-electron chi connectivity index (χ2n) is 6.51. The molecular formula is C18H29N2O+. The monoisotopic (exact) mass is 289 g/mol. The fraction of sp³-hybridized carbons (Fsp3) is 0.667. The Kier molecular flexibility index (Phi) is 5.02. The average Bonchev–Trinajstić information content (AvgIpc) is 2.84. The summed E-state index contributed by atoms with van der Waals surface area (Å²) in [7, 11) is 1.77. The molecule has 1 aromatic carbocycles. The van der Waals surface area contributed by atoms with Gasteiger partial charge in [-0.15, -0.1) is 0 Å². The first-order valence-electron chi connectivity index (χ1n) is 8.61. The molecule has 0 radical (unpaired) electrons. The summed E-state index contributed by atoms with van der Waals surface area (Å²) < 4.78 is 5.51. The van der Waals surface area contributed by atoms with Gasteiger partial charge in [-0.05, 0) is 37.8 Å². The summed E-state index contributed by atoms with van der Waals surface area (Å²) in [6.07, 6.45) is 8.71. The molecule has 3 nitrogen and oxygen atoms in total. The van der Waals surface area contributed by atoms with Crippen LogP contribution in [0.3, 0.4) is 0 Å².